The second-order valence-corrected chi connectivity index (χ2v) is 16.8. The van der Waals surface area contributed by atoms with Gasteiger partial charge in [-0.25, -0.2) is 36.6 Å². The Hall–Kier alpha value is -5.63. The van der Waals surface area contributed by atoms with Gasteiger partial charge in [0.2, 0.25) is 0 Å². The van der Waals surface area contributed by atoms with Crippen LogP contribution in [0.1, 0.15) is 102 Å². The summed E-state index contributed by atoms with van der Waals surface area (Å²) in [6.07, 6.45) is 6.94. The monoisotopic (exact) mass is 874 g/mol. The second kappa shape index (κ2) is 19.4. The Morgan fingerprint density at radius 3 is 1.63 bits per heavy atom. The van der Waals surface area contributed by atoms with Gasteiger partial charge in [0.15, 0.2) is 17.3 Å². The summed E-state index contributed by atoms with van der Waals surface area (Å²) in [5.41, 5.74) is 0.202. The Morgan fingerprint density at radius 2 is 1.17 bits per heavy atom. The van der Waals surface area contributed by atoms with Gasteiger partial charge in [0.25, 0.3) is 11.1 Å². The van der Waals surface area contributed by atoms with E-state index in [1.165, 1.54) is 24.3 Å². The van der Waals surface area contributed by atoms with E-state index in [0.717, 1.165) is 81.6 Å². The zero-order valence-corrected chi connectivity index (χ0v) is 35.0. The largest absolute Gasteiger partial charge is 0.381 e. The summed E-state index contributed by atoms with van der Waals surface area (Å²) in [6, 6.07) is 7.20. The summed E-state index contributed by atoms with van der Waals surface area (Å²) >= 11 is 0. The number of ether oxygens (including phenoxy) is 2. The molecule has 0 spiro atoms. The van der Waals surface area contributed by atoms with Crippen molar-refractivity contribution >= 4 is 17.3 Å². The van der Waals surface area contributed by atoms with Crippen LogP contribution in [0.2, 0.25) is 0 Å². The van der Waals surface area contributed by atoms with Gasteiger partial charge in [-0.05, 0) is 68.3 Å². The number of H-pyrrole nitrogens is 2. The van der Waals surface area contributed by atoms with Crippen molar-refractivity contribution in [3.63, 3.8) is 0 Å². The standard InChI is InChI=1S/C22H25F2N5O2.C15H21N5O2.C7H4F2O/c1-13-10-28(12-16-17(23)3-2-4-18(16)24)11-15(13)20-26-22(30)19-9-25-21(29(19)27-20)14-5-7-31-8-6-14;1-9-6-16-7-11(9)13-18-15(21)12-8-17-14(20(12)19-13)10-2-4-22-5-3-10;8-6-2-1-3-7(9)5(6)4-10/h2-4,9,13-15H,5-8,10-12H2,1H3,(H,26,27,30);8-11,16H,2-7H2,1H3,(H,18,19,21);1-4H. The van der Waals surface area contributed by atoms with Crippen LogP contribution in [0.15, 0.2) is 58.4 Å². The molecule has 4 aromatic heterocycles. The van der Waals surface area contributed by atoms with Crippen LogP contribution in [0.5, 0.6) is 0 Å². The Kier molecular flexibility index (Phi) is 13.6. The lowest BCUT2D eigenvalue weighted by Gasteiger charge is -2.21. The molecule has 4 atom stereocenters. The van der Waals surface area contributed by atoms with Crippen molar-refractivity contribution in [1.82, 2.24) is 49.4 Å². The van der Waals surface area contributed by atoms with Crippen LogP contribution in [0.3, 0.4) is 0 Å². The van der Waals surface area contributed by atoms with Gasteiger partial charge in [-0.2, -0.15) is 10.2 Å². The van der Waals surface area contributed by atoms with E-state index in [1.807, 2.05) is 4.90 Å². The number of aromatic nitrogens is 8. The third-order valence-electron chi connectivity index (χ3n) is 12.5. The number of imidazole rings is 2. The molecule has 2 aromatic carbocycles. The number of aromatic amines is 2. The van der Waals surface area contributed by atoms with E-state index >= 15 is 0 Å². The van der Waals surface area contributed by atoms with Gasteiger partial charge in [0.05, 0.1) is 18.0 Å². The molecule has 334 valence electrons. The van der Waals surface area contributed by atoms with Crippen molar-refractivity contribution in [2.45, 2.75) is 69.7 Å². The maximum atomic E-state index is 14.1. The zero-order chi connectivity index (χ0) is 44.2. The molecule has 0 bridgehead atoms. The number of carbonyl (C=O) groups is 1. The minimum absolute atomic E-state index is 0.0446. The van der Waals surface area contributed by atoms with Gasteiger partial charge < -0.3 is 24.8 Å². The molecule has 0 aliphatic carbocycles. The first kappa shape index (κ1) is 44.0. The molecule has 4 fully saturated rings. The fourth-order valence-electron chi connectivity index (χ4n) is 8.93. The Labute approximate surface area is 359 Å². The van der Waals surface area contributed by atoms with Gasteiger partial charge in [-0.3, -0.25) is 19.3 Å². The molecule has 19 heteroatoms. The Morgan fingerprint density at radius 1 is 0.683 bits per heavy atom. The Balaban J connectivity index is 0.000000147. The average Bonchev–Trinajstić information content (AvgIpc) is 4.10. The average molecular weight is 875 g/mol. The third kappa shape index (κ3) is 9.51. The number of fused-ring (bicyclic) bond motifs is 2. The fourth-order valence-corrected chi connectivity index (χ4v) is 8.93. The van der Waals surface area contributed by atoms with Crippen LogP contribution in [0, 0.1) is 35.1 Å². The normalized spacial score (nSPS) is 22.2. The van der Waals surface area contributed by atoms with E-state index in [2.05, 4.69) is 39.1 Å². The maximum Gasteiger partial charge on any atom is 0.276 e. The molecule has 4 unspecified atom stereocenters. The predicted octanol–water partition coefficient (Wildman–Crippen LogP) is 5.24. The molecule has 15 nitrogen and oxygen atoms in total. The van der Waals surface area contributed by atoms with E-state index in [-0.39, 0.29) is 53.2 Å². The highest BCUT2D eigenvalue weighted by Crippen LogP contribution is 2.33. The molecule has 4 aliphatic rings. The first-order chi connectivity index (χ1) is 30.5. The van der Waals surface area contributed by atoms with E-state index in [4.69, 9.17) is 19.7 Å². The number of nitrogens with one attached hydrogen (secondary N) is 3. The maximum absolute atomic E-state index is 14.1. The number of hydrogen-bond donors (Lipinski definition) is 3. The summed E-state index contributed by atoms with van der Waals surface area (Å²) in [4.78, 5) is 51.9. The molecular formula is C44H50F4N10O5. The molecule has 0 amide bonds. The summed E-state index contributed by atoms with van der Waals surface area (Å²) in [5, 5.41) is 12.8. The zero-order valence-electron chi connectivity index (χ0n) is 35.0. The molecule has 8 heterocycles. The first-order valence-corrected chi connectivity index (χ1v) is 21.4. The van der Waals surface area contributed by atoms with E-state index in [1.54, 1.807) is 21.4 Å². The topological polar surface area (TPSA) is 177 Å². The SMILES string of the molecule is CC1CN(Cc2c(F)cccc2F)CC1c1nn2c(C3CCOCC3)ncc2c(=O)[nH]1.CC1CNCC1c1nn2c(C3CCOCC3)ncc2c(=O)[nH]1.O=Cc1c(F)cccc1F. The molecule has 10 rings (SSSR count). The number of aldehydes is 1. The van der Waals surface area contributed by atoms with Crippen molar-refractivity contribution < 1.29 is 31.8 Å². The molecule has 0 saturated carbocycles. The van der Waals surface area contributed by atoms with Gasteiger partial charge in [-0.15, -0.1) is 0 Å². The van der Waals surface area contributed by atoms with Crippen molar-refractivity contribution in [2.75, 3.05) is 52.6 Å². The lowest BCUT2D eigenvalue weighted by molar-refractivity contribution is 0.0831. The number of nitrogens with zero attached hydrogens (tertiary/aromatic N) is 7. The first-order valence-electron chi connectivity index (χ1n) is 21.4. The van der Waals surface area contributed by atoms with Gasteiger partial charge in [0, 0.05) is 81.8 Å². The van der Waals surface area contributed by atoms with Crippen molar-refractivity contribution in [2.24, 2.45) is 11.8 Å². The number of carbonyl (C=O) groups excluding carboxylic acids is 1. The number of likely N-dealkylation sites (tertiary alicyclic amines) is 1. The highest BCUT2D eigenvalue weighted by Gasteiger charge is 2.35. The summed E-state index contributed by atoms with van der Waals surface area (Å²) in [7, 11) is 0. The smallest absolute Gasteiger partial charge is 0.276 e. The van der Waals surface area contributed by atoms with Crippen LogP contribution in [-0.4, -0.2) is 103 Å². The van der Waals surface area contributed by atoms with E-state index < -0.39 is 28.8 Å². The highest BCUT2D eigenvalue weighted by molar-refractivity contribution is 5.75. The molecule has 4 saturated heterocycles. The number of rotatable bonds is 7. The van der Waals surface area contributed by atoms with Crippen LogP contribution in [-0.2, 0) is 16.0 Å². The second-order valence-electron chi connectivity index (χ2n) is 16.8. The molecule has 4 aliphatic heterocycles. The highest BCUT2D eigenvalue weighted by atomic mass is 19.1. The summed E-state index contributed by atoms with van der Waals surface area (Å²) in [5.74, 6) is 1.69. The molecule has 6 aromatic rings. The summed E-state index contributed by atoms with van der Waals surface area (Å²) in [6.45, 7) is 10.3. The third-order valence-corrected chi connectivity index (χ3v) is 12.5. The number of hydrogen-bond acceptors (Lipinski definition) is 11. The molecule has 63 heavy (non-hydrogen) atoms. The number of benzene rings is 2. The lowest BCUT2D eigenvalue weighted by Crippen LogP contribution is -2.24. The van der Waals surface area contributed by atoms with E-state index in [0.29, 0.717) is 55.0 Å². The fraction of sp³-hybridized carbons (Fsp3) is 0.477. The van der Waals surface area contributed by atoms with E-state index in [9.17, 15) is 31.9 Å². The molecular weight excluding hydrogens is 825 g/mol. The quantitative estimate of drug-likeness (QED) is 0.141. The van der Waals surface area contributed by atoms with Gasteiger partial charge >= 0.3 is 0 Å². The van der Waals surface area contributed by atoms with Crippen molar-refractivity contribution in [3.8, 4) is 0 Å². The summed E-state index contributed by atoms with van der Waals surface area (Å²) < 4.78 is 67.2. The minimum Gasteiger partial charge on any atom is -0.381 e. The van der Waals surface area contributed by atoms with Crippen LogP contribution < -0.4 is 16.4 Å². The number of halogens is 4. The Bertz CT molecular complexity index is 2630. The van der Waals surface area contributed by atoms with Crippen molar-refractivity contribution in [3.05, 3.63) is 127 Å². The lowest BCUT2D eigenvalue weighted by atomic mass is 9.97. The van der Waals surface area contributed by atoms with Crippen molar-refractivity contribution in [1.29, 1.82) is 0 Å². The van der Waals surface area contributed by atoms with Crippen LogP contribution in [0.4, 0.5) is 17.6 Å². The molecule has 3 N–H and O–H groups in total. The predicted molar refractivity (Wildman–Crippen MR) is 223 cm³/mol. The van der Waals surface area contributed by atoms with Crippen LogP contribution in [0.25, 0.3) is 11.0 Å². The molecule has 0 radical (unpaired) electrons. The van der Waals surface area contributed by atoms with Gasteiger partial charge in [-0.1, -0.05) is 26.0 Å². The van der Waals surface area contributed by atoms with Gasteiger partial charge in [0.1, 0.15) is 46.6 Å². The minimum atomic E-state index is -0.824. The van der Waals surface area contributed by atoms with Crippen LogP contribution >= 0.6 is 0 Å².